The average molecular weight is 600 g/mol. The lowest BCUT2D eigenvalue weighted by Gasteiger charge is -2.36. The van der Waals surface area contributed by atoms with Gasteiger partial charge in [0.15, 0.2) is 52.4 Å². The molecule has 5 rings (SSSR count). The molecular formula is C31H18BF9N2. The van der Waals surface area contributed by atoms with Gasteiger partial charge >= 0.3 is 6.28 Å². The second kappa shape index (κ2) is 11.8. The second-order valence-corrected chi connectivity index (χ2v) is 9.69. The van der Waals surface area contributed by atoms with Crippen molar-refractivity contribution >= 4 is 28.4 Å². The number of nitrogens with zero attached hydrogens (tertiary/aromatic N) is 1. The molecule has 12 heteroatoms. The van der Waals surface area contributed by atoms with E-state index in [0.29, 0.717) is 47.5 Å². The predicted octanol–water partition coefficient (Wildman–Crippen LogP) is 4.92. The Kier molecular flexibility index (Phi) is 8.14. The smallest absolute Gasteiger partial charge is 0.312 e. The van der Waals surface area contributed by atoms with E-state index >= 15 is 0 Å². The summed E-state index contributed by atoms with van der Waals surface area (Å²) < 4.78 is 131. The van der Waals surface area contributed by atoms with Crippen LogP contribution in [0.5, 0.6) is 0 Å². The van der Waals surface area contributed by atoms with Crippen molar-refractivity contribution in [3.8, 4) is 0 Å². The van der Waals surface area contributed by atoms with Gasteiger partial charge in [0.25, 0.3) is 0 Å². The van der Waals surface area contributed by atoms with E-state index in [2.05, 4.69) is 5.10 Å². The van der Waals surface area contributed by atoms with Gasteiger partial charge in [-0.1, -0.05) is 97.1 Å². The Labute approximate surface area is 239 Å². The van der Waals surface area contributed by atoms with Crippen LogP contribution in [0.4, 0.5) is 39.5 Å². The van der Waals surface area contributed by atoms with E-state index in [9.17, 15) is 39.5 Å². The van der Waals surface area contributed by atoms with E-state index in [4.69, 9.17) is 0 Å². The number of rotatable bonds is 7. The first kappa shape index (κ1) is 29.7. The van der Waals surface area contributed by atoms with Crippen molar-refractivity contribution in [1.29, 1.82) is 0 Å². The summed E-state index contributed by atoms with van der Waals surface area (Å²) in [5.74, 6) is -16.2. The van der Waals surface area contributed by atoms with Crippen molar-refractivity contribution in [2.45, 2.75) is 0 Å². The molecule has 0 unspecified atom stereocenters. The number of nitrogens with two attached hydrogens (primary N) is 1. The minimum atomic E-state index is -3.55. The minimum absolute atomic E-state index is 0.196. The van der Waals surface area contributed by atoms with Crippen LogP contribution in [0.25, 0.3) is 0 Å². The zero-order valence-electron chi connectivity index (χ0n) is 21.7. The molecule has 2 N–H and O–H groups in total. The van der Waals surface area contributed by atoms with Crippen molar-refractivity contribution in [3.63, 3.8) is 0 Å². The lowest BCUT2D eigenvalue weighted by molar-refractivity contribution is -0.529. The fourth-order valence-electron chi connectivity index (χ4n) is 5.04. The third kappa shape index (κ3) is 5.53. The molecule has 0 saturated carbocycles. The number of hydrogen-bond acceptors (Lipinski definition) is 1. The third-order valence-electron chi connectivity index (χ3n) is 7.12. The summed E-state index contributed by atoms with van der Waals surface area (Å²) in [6, 6.07) is 19.4. The highest BCUT2D eigenvalue weighted by atomic mass is 19.2. The third-order valence-corrected chi connectivity index (χ3v) is 7.12. The Hall–Kier alpha value is -4.84. The van der Waals surface area contributed by atoms with Crippen LogP contribution in [0.15, 0.2) is 102 Å². The summed E-state index contributed by atoms with van der Waals surface area (Å²) in [6.45, 7) is 0. The van der Waals surface area contributed by atoms with Gasteiger partial charge in [-0.2, -0.15) is 0 Å². The molecule has 0 bridgehead atoms. The highest BCUT2D eigenvalue weighted by molar-refractivity contribution is 7.05. The molecule has 0 saturated heterocycles. The van der Waals surface area contributed by atoms with Gasteiger partial charge in [0.05, 0.1) is 0 Å². The van der Waals surface area contributed by atoms with Crippen molar-refractivity contribution in [2.75, 3.05) is 0 Å². The van der Waals surface area contributed by atoms with Crippen LogP contribution in [-0.2, 0) is 0 Å². The van der Waals surface area contributed by atoms with Gasteiger partial charge in [-0.3, -0.25) is 0 Å². The first-order chi connectivity index (χ1) is 20.5. The molecule has 0 aromatic heterocycles. The first-order valence-electron chi connectivity index (χ1n) is 12.7. The van der Waals surface area contributed by atoms with Gasteiger partial charge in [0, 0.05) is 11.1 Å². The van der Waals surface area contributed by atoms with Crippen LogP contribution in [0, 0.1) is 52.4 Å². The fraction of sp³-hybridized carbons (Fsp3) is 0. The molecule has 0 aliphatic heterocycles. The highest BCUT2D eigenvalue weighted by Gasteiger charge is 2.42. The van der Waals surface area contributed by atoms with Crippen LogP contribution in [0.3, 0.4) is 0 Å². The number of halogens is 9. The van der Waals surface area contributed by atoms with E-state index in [1.54, 1.807) is 60.7 Å². The molecule has 2 nitrogen and oxygen atoms in total. The normalized spacial score (nSPS) is 11.5. The highest BCUT2D eigenvalue weighted by Crippen LogP contribution is 2.17. The molecule has 0 aliphatic carbocycles. The van der Waals surface area contributed by atoms with E-state index in [-0.39, 0.29) is 5.71 Å². The van der Waals surface area contributed by atoms with Gasteiger partial charge in [-0.15, -0.1) is 21.5 Å². The van der Waals surface area contributed by atoms with E-state index in [1.807, 2.05) is 0 Å². The molecule has 0 atom stereocenters. The Bertz CT molecular complexity index is 1600. The monoisotopic (exact) mass is 600 g/mol. The van der Waals surface area contributed by atoms with Gasteiger partial charge in [-0.05, 0) is 0 Å². The minimum Gasteiger partial charge on any atom is -0.391 e. The quantitative estimate of drug-likeness (QED) is 0.0687. The Morgan fingerprint density at radius 3 is 1.00 bits per heavy atom. The fourth-order valence-corrected chi connectivity index (χ4v) is 5.04. The van der Waals surface area contributed by atoms with Crippen molar-refractivity contribution in [3.05, 3.63) is 161 Å². The molecule has 218 valence electrons. The Morgan fingerprint density at radius 2 is 0.721 bits per heavy atom. The summed E-state index contributed by atoms with van der Waals surface area (Å²) in [5, 5.41) is 5.44. The van der Waals surface area contributed by atoms with Crippen molar-refractivity contribution in [2.24, 2.45) is 5.10 Å². The molecule has 0 amide bonds. The topological polar surface area (TPSA) is 29.0 Å². The Balaban J connectivity index is 1.91. The lowest BCUT2D eigenvalue weighted by atomic mass is 9.24. The summed E-state index contributed by atoms with van der Waals surface area (Å²) in [7, 11) is 0. The van der Waals surface area contributed by atoms with E-state index in [0.717, 1.165) is 5.34 Å². The van der Waals surface area contributed by atoms with Crippen LogP contribution >= 0.6 is 0 Å². The van der Waals surface area contributed by atoms with Crippen LogP contribution in [-0.4, -0.2) is 12.0 Å². The number of hydrogen-bond donors (Lipinski definition) is 1. The number of benzene rings is 5. The SMILES string of the molecule is Fc1cc([B-]([NH2+]N=C(c2ccccc2)c2ccccc2)(c2cc(F)c(F)c(F)c2)c2cc(F)c(F)c(F)c2)cc(F)c1F. The summed E-state index contributed by atoms with van der Waals surface area (Å²) >= 11 is 0. The second-order valence-electron chi connectivity index (χ2n) is 9.69. The maximum atomic E-state index is 14.7. The molecule has 43 heavy (non-hydrogen) atoms. The van der Waals surface area contributed by atoms with Crippen LogP contribution in [0.2, 0.25) is 0 Å². The van der Waals surface area contributed by atoms with Crippen LogP contribution in [0.1, 0.15) is 11.1 Å². The molecule has 0 radical (unpaired) electrons. The van der Waals surface area contributed by atoms with Crippen molar-refractivity contribution in [1.82, 2.24) is 0 Å². The maximum absolute atomic E-state index is 14.7. The van der Waals surface area contributed by atoms with Gasteiger partial charge < -0.3 is 5.34 Å². The zero-order chi connectivity index (χ0) is 30.9. The van der Waals surface area contributed by atoms with Crippen molar-refractivity contribution < 1.29 is 44.9 Å². The molecule has 0 heterocycles. The maximum Gasteiger partial charge on any atom is 0.312 e. The van der Waals surface area contributed by atoms with Gasteiger partial charge in [-0.25, -0.2) is 39.5 Å². The summed E-state index contributed by atoms with van der Waals surface area (Å²) in [4.78, 5) is 0. The molecule has 5 aromatic rings. The Morgan fingerprint density at radius 1 is 0.442 bits per heavy atom. The zero-order valence-corrected chi connectivity index (χ0v) is 21.7. The van der Waals surface area contributed by atoms with E-state index in [1.165, 1.54) is 0 Å². The molecule has 0 spiro atoms. The average Bonchev–Trinajstić information content (AvgIpc) is 3.00. The summed E-state index contributed by atoms with van der Waals surface area (Å²) in [5.41, 5.74) is -0.635. The molecule has 0 aliphatic rings. The van der Waals surface area contributed by atoms with E-state index < -0.39 is 75.0 Å². The standard InChI is InChI=1S/C31H18BF9N2/c33-22-11-19(12-23(34)28(22)39)32(20-13-24(35)29(40)25(36)14-20,21-15-26(37)30(41)27(38)16-21)43-42-31(17-7-3-1-4-8-17)18-9-5-2-6-10-18/h1-16H,43H2. The number of quaternary nitrogens is 1. The van der Waals surface area contributed by atoms with Gasteiger partial charge in [0.1, 0.15) is 5.71 Å². The first-order valence-corrected chi connectivity index (χ1v) is 12.7. The van der Waals surface area contributed by atoms with Crippen LogP contribution < -0.4 is 21.7 Å². The van der Waals surface area contributed by atoms with Gasteiger partial charge in [0.2, 0.25) is 0 Å². The predicted molar refractivity (Wildman–Crippen MR) is 144 cm³/mol. The summed E-state index contributed by atoms with van der Waals surface area (Å²) in [6.07, 6.45) is -3.55. The molecular weight excluding hydrogens is 582 g/mol. The molecule has 0 fully saturated rings. The lowest BCUT2D eigenvalue weighted by Crippen LogP contribution is -3.08. The largest absolute Gasteiger partial charge is 0.391 e. The molecule has 5 aromatic carbocycles.